The smallest absolute Gasteiger partial charge is 0.326 e. The van der Waals surface area contributed by atoms with Crippen LogP contribution in [0.5, 0.6) is 23.0 Å². The first-order valence-corrected chi connectivity index (χ1v) is 42.7. The standard InChI is InChI=1S/C22H26N10O3.2C21H26N10O3.C21H23N7O3/c1-23-21(33)17-15(11-16(27-28-17)32-10-9-31(22(32)34)13-5-4-6-13)26-20-18(35-3)14(7-8-24-20)19-25-12-30(2)29-19;2*1-12(2)30-8-9-31(21(30)33)15-10-14(16(27-26-15)20(32)22-3)25-19-17(34-5)13(6-7-23-19)18-24-11-29(4)28-18;1-4-16(29)14-10-23-17(26-21(30)12-5-6-12)9-15(14)25-20-18(31-3)13(7-8-22-20)19-24-11-28(2)27-19/h7-8,11-13H,4-6,9-10H2,1-3H3,(H,23,33)(H,24,26,27);2*6-7,10-12H,8-9H2,1-5H3,(H,22,32)(H,23,25,26);7-12H,4-6H2,1-3H3,(H2,22,23,25,26,30). The zero-order chi connectivity index (χ0) is 95.3. The molecule has 5 aliphatic rings. The Morgan fingerprint density at radius 2 is 0.754 bits per heavy atom. The van der Waals surface area contributed by atoms with E-state index in [0.717, 1.165) is 32.1 Å². The maximum Gasteiger partial charge on any atom is 0.326 e. The van der Waals surface area contributed by atoms with Gasteiger partial charge < -0.3 is 76.2 Å². The molecule has 49 nitrogen and oxygen atoms in total. The van der Waals surface area contributed by atoms with Gasteiger partial charge in [-0.05, 0) is 84.1 Å². The number of amides is 10. The van der Waals surface area contributed by atoms with Crippen LogP contribution in [0.2, 0.25) is 0 Å². The highest BCUT2D eigenvalue weighted by Crippen LogP contribution is 2.42. The van der Waals surface area contributed by atoms with Gasteiger partial charge in [-0.3, -0.25) is 57.4 Å². The van der Waals surface area contributed by atoms with Gasteiger partial charge in [0, 0.05) is 174 Å². The van der Waals surface area contributed by atoms with Gasteiger partial charge in [-0.15, -0.1) is 30.6 Å². The fraction of sp³-hybridized carbons (Fsp3) is 0.376. The highest BCUT2D eigenvalue weighted by molar-refractivity contribution is 6.05. The molecule has 698 valence electrons. The van der Waals surface area contributed by atoms with E-state index in [9.17, 15) is 38.4 Å². The van der Waals surface area contributed by atoms with Gasteiger partial charge in [0.25, 0.3) is 17.7 Å². The molecule has 0 bridgehead atoms. The van der Waals surface area contributed by atoms with Crippen LogP contribution in [-0.4, -0.2) is 284 Å². The monoisotopic (exact) mass is 1830 g/mol. The maximum atomic E-state index is 13.0. The number of aromatic nitrogens is 23. The van der Waals surface area contributed by atoms with Crippen LogP contribution in [0.1, 0.15) is 115 Å². The molecule has 49 heteroatoms. The zero-order valence-electron chi connectivity index (χ0n) is 76.5. The van der Waals surface area contributed by atoms with Crippen LogP contribution in [0.4, 0.5) is 83.7 Å². The fourth-order valence-electron chi connectivity index (χ4n) is 14.6. The van der Waals surface area contributed by atoms with Crippen LogP contribution >= 0.6 is 0 Å². The average Bonchev–Trinajstić information content (AvgIpc) is 1.38. The first-order chi connectivity index (χ1) is 64.7. The van der Waals surface area contributed by atoms with E-state index in [-0.39, 0.29) is 64.9 Å². The molecule has 8 N–H and O–H groups in total. The summed E-state index contributed by atoms with van der Waals surface area (Å²) in [7, 11) is 17.7. The minimum absolute atomic E-state index is 0.0412. The van der Waals surface area contributed by atoms with Crippen molar-refractivity contribution in [1.82, 2.24) is 145 Å². The summed E-state index contributed by atoms with van der Waals surface area (Å²) < 4.78 is 28.8. The Bertz CT molecular complexity index is 6180. The molecular formula is C85H101N37O12. The molecule has 0 atom stereocenters. The van der Waals surface area contributed by atoms with Crippen molar-refractivity contribution < 1.29 is 57.3 Å². The number of hydrogen-bond acceptors (Lipinski definition) is 35. The van der Waals surface area contributed by atoms with E-state index in [1.807, 2.05) is 32.6 Å². The molecule has 3 saturated heterocycles. The second-order valence-electron chi connectivity index (χ2n) is 31.4. The van der Waals surface area contributed by atoms with Crippen molar-refractivity contribution in [2.24, 2.45) is 34.1 Å². The van der Waals surface area contributed by atoms with Gasteiger partial charge in [0.2, 0.25) is 5.91 Å². The lowest BCUT2D eigenvalue weighted by Gasteiger charge is -2.34. The molecule has 17 rings (SSSR count). The SMILES string of the molecule is CCC(=O)c1cnc(NC(=O)C2CC2)cc1Nc1nccc(-c2ncn(C)n2)c1OC.CNC(=O)c1nnc(N2CCN(C(C)C)C2=O)cc1Nc1nccc(-c2ncn(C)n2)c1OC.CNC(=O)c1nnc(N2CCN(C(C)C)C2=O)cc1Nc1nccc(-c2ncn(C)n2)c1OC.CNC(=O)c1nnc(N2CCN(C3CCC3)C2=O)cc1Nc1nccc(-c2ncn(C)n2)c1OC. The van der Waals surface area contributed by atoms with Crippen molar-refractivity contribution in [2.75, 3.05) is 130 Å². The molecule has 5 fully saturated rings. The minimum atomic E-state index is -0.445. The number of nitrogens with one attached hydrogen (secondary N) is 8. The second kappa shape index (κ2) is 41.4. The number of pyridine rings is 5. The molecule has 10 amide bonds. The summed E-state index contributed by atoms with van der Waals surface area (Å²) in [4.78, 5) is 150. The summed E-state index contributed by atoms with van der Waals surface area (Å²) in [5.74, 6) is 4.80. The van der Waals surface area contributed by atoms with E-state index in [4.69, 9.17) is 18.9 Å². The van der Waals surface area contributed by atoms with Gasteiger partial charge in [0.15, 0.2) is 110 Å². The van der Waals surface area contributed by atoms with E-state index >= 15 is 0 Å². The van der Waals surface area contributed by atoms with Gasteiger partial charge in [0.05, 0.1) is 79.0 Å². The lowest BCUT2D eigenvalue weighted by Crippen LogP contribution is -2.43. The molecular weight excluding hydrogens is 1730 g/mol. The summed E-state index contributed by atoms with van der Waals surface area (Å²) in [6, 6.07) is 13.4. The Labute approximate surface area is 767 Å². The Hall–Kier alpha value is -16.7. The first kappa shape index (κ1) is 93.5. The van der Waals surface area contributed by atoms with Crippen molar-refractivity contribution in [1.29, 1.82) is 0 Å². The Morgan fingerprint density at radius 1 is 0.418 bits per heavy atom. The third-order valence-corrected chi connectivity index (χ3v) is 21.9. The van der Waals surface area contributed by atoms with Crippen LogP contribution in [0.25, 0.3) is 45.6 Å². The normalized spacial score (nSPS) is 14.0. The van der Waals surface area contributed by atoms with Crippen LogP contribution < -0.4 is 76.2 Å². The second-order valence-corrected chi connectivity index (χ2v) is 31.4. The van der Waals surface area contributed by atoms with Crippen molar-refractivity contribution in [3.8, 4) is 68.5 Å². The van der Waals surface area contributed by atoms with Crippen molar-refractivity contribution in [2.45, 2.75) is 91.3 Å². The van der Waals surface area contributed by atoms with Gasteiger partial charge in [-0.2, -0.15) is 20.4 Å². The highest BCUT2D eigenvalue weighted by Gasteiger charge is 2.40. The van der Waals surface area contributed by atoms with Gasteiger partial charge >= 0.3 is 18.1 Å². The molecule has 2 aliphatic carbocycles. The summed E-state index contributed by atoms with van der Waals surface area (Å²) in [5.41, 5.74) is 4.51. The van der Waals surface area contributed by atoms with Gasteiger partial charge in [-0.1, -0.05) is 6.92 Å². The summed E-state index contributed by atoms with van der Waals surface area (Å²) in [5, 5.41) is 65.2. The molecule has 15 heterocycles. The van der Waals surface area contributed by atoms with Crippen LogP contribution in [0.3, 0.4) is 0 Å². The molecule has 0 radical (unpaired) electrons. The Balaban J connectivity index is 0.000000143. The topological polar surface area (TPSA) is 554 Å². The number of rotatable bonds is 29. The third kappa shape index (κ3) is 20.5. The Morgan fingerprint density at radius 3 is 1.04 bits per heavy atom. The molecule has 0 spiro atoms. The average molecular weight is 1830 g/mol. The summed E-state index contributed by atoms with van der Waals surface area (Å²) in [6.45, 7) is 12.8. The van der Waals surface area contributed by atoms with E-state index in [2.05, 4.69) is 138 Å². The number of anilines is 12. The number of methoxy groups -OCH3 is 4. The number of carbonyl (C=O) groups excluding carboxylic acids is 8. The number of carbonyl (C=O) groups is 8. The molecule has 12 aromatic rings. The number of ketones is 1. The van der Waals surface area contributed by atoms with Crippen LogP contribution in [-0.2, 0) is 33.0 Å². The Kier molecular flexibility index (Phi) is 28.9. The predicted octanol–water partition coefficient (Wildman–Crippen LogP) is 7.40. The first-order valence-electron chi connectivity index (χ1n) is 42.7. The van der Waals surface area contributed by atoms with Crippen LogP contribution in [0, 0.1) is 5.92 Å². The maximum absolute atomic E-state index is 13.0. The van der Waals surface area contributed by atoms with Crippen molar-refractivity contribution in [3.63, 3.8) is 0 Å². The number of hydrogen-bond donors (Lipinski definition) is 8. The number of ether oxygens (including phenoxy) is 4. The van der Waals surface area contributed by atoms with Crippen molar-refractivity contribution >= 4 is 117 Å². The lowest BCUT2D eigenvalue weighted by atomic mass is 9.92. The molecule has 0 unspecified atom stereocenters. The van der Waals surface area contributed by atoms with Crippen molar-refractivity contribution in [3.05, 3.63) is 127 Å². The van der Waals surface area contributed by atoms with E-state index < -0.39 is 17.7 Å². The van der Waals surface area contributed by atoms with Gasteiger partial charge in [0.1, 0.15) is 31.1 Å². The molecule has 3 aliphatic heterocycles. The zero-order valence-corrected chi connectivity index (χ0v) is 76.5. The lowest BCUT2D eigenvalue weighted by molar-refractivity contribution is -0.117. The largest absolute Gasteiger partial charge is 0.492 e. The highest BCUT2D eigenvalue weighted by atomic mass is 16.5. The number of Topliss-reactive ketones (excluding diaryl/α,β-unsaturated/α-hetero) is 1. The quantitative estimate of drug-likeness (QED) is 0.0212. The minimum Gasteiger partial charge on any atom is -0.492 e. The van der Waals surface area contributed by atoms with E-state index in [0.29, 0.717) is 195 Å². The van der Waals surface area contributed by atoms with E-state index in [1.165, 1.54) is 65.6 Å². The fourth-order valence-corrected chi connectivity index (χ4v) is 14.6. The molecule has 0 aromatic carbocycles. The van der Waals surface area contributed by atoms with E-state index in [1.54, 1.807) is 167 Å². The predicted molar refractivity (Wildman–Crippen MR) is 489 cm³/mol. The van der Waals surface area contributed by atoms with Gasteiger partial charge in [-0.25, -0.2) is 59.2 Å². The third-order valence-electron chi connectivity index (χ3n) is 21.9. The number of urea groups is 3. The molecule has 12 aromatic heterocycles. The summed E-state index contributed by atoms with van der Waals surface area (Å²) in [6.07, 6.45) is 19.5. The number of nitrogens with zero attached hydrogens (tertiary/aromatic N) is 29. The molecule has 134 heavy (non-hydrogen) atoms. The summed E-state index contributed by atoms with van der Waals surface area (Å²) >= 11 is 0. The van der Waals surface area contributed by atoms with Crippen LogP contribution in [0.15, 0.2) is 105 Å². The number of aryl methyl sites for hydroxylation is 4. The molecule has 2 saturated carbocycles.